The van der Waals surface area contributed by atoms with Gasteiger partial charge in [0.05, 0.1) is 12.3 Å². The van der Waals surface area contributed by atoms with E-state index in [-0.39, 0.29) is 12.1 Å². The maximum absolute atomic E-state index is 12.8. The van der Waals surface area contributed by atoms with Crippen LogP contribution in [-0.2, 0) is 17.8 Å². The summed E-state index contributed by atoms with van der Waals surface area (Å²) in [4.78, 5) is 14.6. The average molecular weight is 337 g/mol. The van der Waals surface area contributed by atoms with E-state index in [0.717, 1.165) is 17.5 Å². The van der Waals surface area contributed by atoms with Crippen LogP contribution in [0.5, 0.6) is 0 Å². The Morgan fingerprint density at radius 1 is 1.08 bits per heavy atom. The molecule has 2 aromatic rings. The summed E-state index contributed by atoms with van der Waals surface area (Å²) < 4.78 is 0. The van der Waals surface area contributed by atoms with Gasteiger partial charge in [0.1, 0.15) is 6.04 Å². The summed E-state index contributed by atoms with van der Waals surface area (Å²) in [5.74, 6) is -0.0347. The van der Waals surface area contributed by atoms with Crippen molar-refractivity contribution in [3.8, 4) is 0 Å². The first kappa shape index (κ1) is 17.6. The van der Waals surface area contributed by atoms with Gasteiger partial charge in [0, 0.05) is 6.54 Å². The zero-order valence-electron chi connectivity index (χ0n) is 14.5. The SMILES string of the molecule is CC[C@H]1N[C@@H]([C@H](O)[CH]Cc2ccccc2)C(=O)N1Cc1ccccc1. The molecular formula is C21H25N2O2. The van der Waals surface area contributed by atoms with Crippen LogP contribution in [0.4, 0.5) is 0 Å². The maximum atomic E-state index is 12.8. The van der Waals surface area contributed by atoms with Gasteiger partial charge < -0.3 is 10.0 Å². The third kappa shape index (κ3) is 4.27. The minimum absolute atomic E-state index is 0.0347. The van der Waals surface area contributed by atoms with Gasteiger partial charge in [-0.25, -0.2) is 0 Å². The summed E-state index contributed by atoms with van der Waals surface area (Å²) in [6.45, 7) is 2.61. The molecule has 1 aliphatic heterocycles. The molecule has 1 saturated heterocycles. The molecule has 1 amide bonds. The lowest BCUT2D eigenvalue weighted by atomic mass is 10.0. The van der Waals surface area contributed by atoms with E-state index in [9.17, 15) is 9.90 Å². The molecule has 0 unspecified atom stereocenters. The Morgan fingerprint density at radius 2 is 1.68 bits per heavy atom. The third-order valence-electron chi connectivity index (χ3n) is 4.66. The summed E-state index contributed by atoms with van der Waals surface area (Å²) >= 11 is 0. The number of nitrogens with one attached hydrogen (secondary N) is 1. The Labute approximate surface area is 149 Å². The van der Waals surface area contributed by atoms with Gasteiger partial charge in [-0.2, -0.15) is 0 Å². The predicted octanol–water partition coefficient (Wildman–Crippen LogP) is 2.53. The Balaban J connectivity index is 1.63. The summed E-state index contributed by atoms with van der Waals surface area (Å²) in [6.07, 6.45) is 2.41. The molecule has 1 aliphatic rings. The number of hydrogen-bond acceptors (Lipinski definition) is 3. The van der Waals surface area contributed by atoms with Gasteiger partial charge in [-0.1, -0.05) is 67.6 Å². The molecule has 0 saturated carbocycles. The molecule has 1 heterocycles. The number of amides is 1. The zero-order chi connectivity index (χ0) is 17.6. The minimum atomic E-state index is -0.803. The molecule has 1 fully saturated rings. The van der Waals surface area contributed by atoms with Crippen LogP contribution in [-0.4, -0.2) is 34.2 Å². The Hall–Kier alpha value is -2.17. The van der Waals surface area contributed by atoms with Crippen LogP contribution in [0, 0.1) is 6.42 Å². The molecule has 2 N–H and O–H groups in total. The van der Waals surface area contributed by atoms with Crippen molar-refractivity contribution in [1.82, 2.24) is 10.2 Å². The van der Waals surface area contributed by atoms with Crippen molar-refractivity contribution in [2.45, 2.75) is 44.6 Å². The molecule has 0 spiro atoms. The van der Waals surface area contributed by atoms with Crippen LogP contribution < -0.4 is 5.32 Å². The van der Waals surface area contributed by atoms with Crippen molar-refractivity contribution in [3.63, 3.8) is 0 Å². The van der Waals surface area contributed by atoms with Gasteiger partial charge in [0.25, 0.3) is 0 Å². The standard InChI is InChI=1S/C21H25N2O2/c1-2-19-22-20(18(24)14-13-16-9-5-3-6-10-16)21(25)23(19)15-17-11-7-4-8-12-17/h3-12,14,18-20,22,24H,2,13,15H2,1H3/t18-,19+,20+/m1/s1. The maximum Gasteiger partial charge on any atom is 0.244 e. The van der Waals surface area contributed by atoms with E-state index < -0.39 is 12.1 Å². The molecule has 4 nitrogen and oxygen atoms in total. The van der Waals surface area contributed by atoms with Gasteiger partial charge in [-0.15, -0.1) is 0 Å². The second kappa shape index (κ2) is 8.28. The fourth-order valence-electron chi connectivity index (χ4n) is 3.26. The quantitative estimate of drug-likeness (QED) is 0.816. The molecular weight excluding hydrogens is 312 g/mol. The largest absolute Gasteiger partial charge is 0.391 e. The van der Waals surface area contributed by atoms with E-state index in [2.05, 4.69) is 5.32 Å². The normalized spacial score (nSPS) is 21.5. The second-order valence-corrected chi connectivity index (χ2v) is 6.44. The van der Waals surface area contributed by atoms with Gasteiger partial charge in [0.2, 0.25) is 5.91 Å². The summed E-state index contributed by atoms with van der Waals surface area (Å²) in [5, 5.41) is 13.8. The van der Waals surface area contributed by atoms with Crippen LogP contribution in [0.25, 0.3) is 0 Å². The van der Waals surface area contributed by atoms with Gasteiger partial charge in [-0.3, -0.25) is 10.1 Å². The second-order valence-electron chi connectivity index (χ2n) is 6.44. The number of nitrogens with zero attached hydrogens (tertiary/aromatic N) is 1. The highest BCUT2D eigenvalue weighted by atomic mass is 16.3. The molecule has 1 radical (unpaired) electrons. The number of aliphatic hydroxyl groups excluding tert-OH is 1. The van der Waals surface area contributed by atoms with E-state index in [4.69, 9.17) is 0 Å². The molecule has 131 valence electrons. The molecule has 0 bridgehead atoms. The Kier molecular flexibility index (Phi) is 5.84. The molecule has 25 heavy (non-hydrogen) atoms. The lowest BCUT2D eigenvalue weighted by Gasteiger charge is -2.23. The van der Waals surface area contributed by atoms with Gasteiger partial charge >= 0.3 is 0 Å². The lowest BCUT2D eigenvalue weighted by Crippen LogP contribution is -2.42. The molecule has 2 aromatic carbocycles. The van der Waals surface area contributed by atoms with Crippen molar-refractivity contribution in [2.75, 3.05) is 0 Å². The van der Waals surface area contributed by atoms with Crippen LogP contribution in [0.2, 0.25) is 0 Å². The molecule has 0 aliphatic carbocycles. The first-order valence-corrected chi connectivity index (χ1v) is 8.85. The number of carbonyl (C=O) groups excluding carboxylic acids is 1. The Morgan fingerprint density at radius 3 is 2.28 bits per heavy atom. The lowest BCUT2D eigenvalue weighted by molar-refractivity contribution is -0.132. The van der Waals surface area contributed by atoms with Gasteiger partial charge in [-0.05, 0) is 30.4 Å². The highest BCUT2D eigenvalue weighted by molar-refractivity contribution is 5.85. The van der Waals surface area contributed by atoms with Crippen LogP contribution in [0.3, 0.4) is 0 Å². The van der Waals surface area contributed by atoms with E-state index in [1.165, 1.54) is 0 Å². The van der Waals surface area contributed by atoms with Crippen molar-refractivity contribution in [2.24, 2.45) is 0 Å². The van der Waals surface area contributed by atoms with Crippen LogP contribution in [0.1, 0.15) is 24.5 Å². The molecule has 3 rings (SSSR count). The van der Waals surface area contributed by atoms with E-state index in [1.54, 1.807) is 0 Å². The number of rotatable bonds is 7. The monoisotopic (exact) mass is 337 g/mol. The smallest absolute Gasteiger partial charge is 0.244 e. The number of hydrogen-bond donors (Lipinski definition) is 2. The molecule has 3 atom stereocenters. The highest BCUT2D eigenvalue weighted by Gasteiger charge is 2.41. The van der Waals surface area contributed by atoms with Crippen molar-refractivity contribution in [3.05, 3.63) is 78.2 Å². The number of benzene rings is 2. The summed E-state index contributed by atoms with van der Waals surface area (Å²) in [6, 6.07) is 19.3. The van der Waals surface area contributed by atoms with Crippen molar-refractivity contribution in [1.29, 1.82) is 0 Å². The third-order valence-corrected chi connectivity index (χ3v) is 4.66. The fraction of sp³-hybridized carbons (Fsp3) is 0.333. The van der Waals surface area contributed by atoms with E-state index in [0.29, 0.717) is 13.0 Å². The van der Waals surface area contributed by atoms with Gasteiger partial charge in [0.15, 0.2) is 0 Å². The first-order chi connectivity index (χ1) is 12.2. The fourth-order valence-corrected chi connectivity index (χ4v) is 3.26. The predicted molar refractivity (Wildman–Crippen MR) is 98.4 cm³/mol. The topological polar surface area (TPSA) is 52.6 Å². The molecule has 4 heteroatoms. The molecule has 0 aromatic heterocycles. The highest BCUT2D eigenvalue weighted by Crippen LogP contribution is 2.20. The average Bonchev–Trinajstić information content (AvgIpc) is 2.97. The number of aliphatic hydroxyl groups is 1. The number of carbonyl (C=O) groups is 1. The zero-order valence-corrected chi connectivity index (χ0v) is 14.5. The van der Waals surface area contributed by atoms with Crippen molar-refractivity contribution < 1.29 is 9.90 Å². The minimum Gasteiger partial charge on any atom is -0.391 e. The van der Waals surface area contributed by atoms with Crippen molar-refractivity contribution >= 4 is 5.91 Å². The first-order valence-electron chi connectivity index (χ1n) is 8.85. The van der Waals surface area contributed by atoms with E-state index >= 15 is 0 Å². The van der Waals surface area contributed by atoms with Crippen LogP contribution in [0.15, 0.2) is 60.7 Å². The van der Waals surface area contributed by atoms with Crippen LogP contribution >= 0.6 is 0 Å². The Bertz CT molecular complexity index is 675. The summed E-state index contributed by atoms with van der Waals surface area (Å²) in [5.41, 5.74) is 2.22. The van der Waals surface area contributed by atoms with E-state index in [1.807, 2.05) is 78.9 Å². The summed E-state index contributed by atoms with van der Waals surface area (Å²) in [7, 11) is 0.